The zero-order valence-corrected chi connectivity index (χ0v) is 18.0. The van der Waals surface area contributed by atoms with Crippen molar-refractivity contribution < 1.29 is 22.3 Å². The predicted octanol–water partition coefficient (Wildman–Crippen LogP) is 3.85. The molecule has 9 heteroatoms. The fourth-order valence-corrected chi connectivity index (χ4v) is 5.18. The van der Waals surface area contributed by atoms with Gasteiger partial charge in [0.2, 0.25) is 10.0 Å². The highest BCUT2D eigenvalue weighted by Gasteiger charge is 2.29. The number of unbranched alkanes of at least 4 members (excludes halogenated alkanes) is 1. The molecule has 0 aromatic heterocycles. The molecule has 1 heterocycles. The molecule has 0 spiro atoms. The van der Waals surface area contributed by atoms with E-state index >= 15 is 0 Å². The summed E-state index contributed by atoms with van der Waals surface area (Å²) in [6, 6.07) is 10.1. The Bertz CT molecular complexity index is 977. The SMILES string of the molecule is O=C(NCCCCOc1ccc(F)cc1)c1ccc(Cl)c(S(=O)(=O)N2CCCC2)c1. The minimum atomic E-state index is -3.71. The van der Waals surface area contributed by atoms with Crippen molar-refractivity contribution in [3.63, 3.8) is 0 Å². The summed E-state index contributed by atoms with van der Waals surface area (Å²) < 4.78 is 45.3. The molecule has 162 valence electrons. The maximum atomic E-state index is 12.8. The van der Waals surface area contributed by atoms with E-state index in [-0.39, 0.29) is 27.2 Å². The Labute approximate surface area is 181 Å². The number of benzene rings is 2. The summed E-state index contributed by atoms with van der Waals surface area (Å²) in [5.74, 6) is -0.0824. The number of amides is 1. The van der Waals surface area contributed by atoms with Crippen LogP contribution in [0.25, 0.3) is 0 Å². The average Bonchev–Trinajstić information content (AvgIpc) is 3.28. The lowest BCUT2D eigenvalue weighted by atomic mass is 10.2. The van der Waals surface area contributed by atoms with Gasteiger partial charge in [-0.25, -0.2) is 12.8 Å². The summed E-state index contributed by atoms with van der Waals surface area (Å²) in [6.07, 6.45) is 3.02. The van der Waals surface area contributed by atoms with Crippen LogP contribution < -0.4 is 10.1 Å². The van der Waals surface area contributed by atoms with E-state index in [1.807, 2.05) is 0 Å². The Morgan fingerprint density at radius 2 is 1.80 bits per heavy atom. The highest BCUT2D eigenvalue weighted by Crippen LogP contribution is 2.28. The van der Waals surface area contributed by atoms with Gasteiger partial charge in [-0.05, 0) is 68.1 Å². The van der Waals surface area contributed by atoms with Crippen molar-refractivity contribution in [2.24, 2.45) is 0 Å². The number of hydrogen-bond acceptors (Lipinski definition) is 4. The van der Waals surface area contributed by atoms with Crippen molar-refractivity contribution in [2.75, 3.05) is 26.2 Å². The van der Waals surface area contributed by atoms with Crippen LogP contribution in [0.1, 0.15) is 36.0 Å². The van der Waals surface area contributed by atoms with Gasteiger partial charge in [0.25, 0.3) is 5.91 Å². The molecule has 30 heavy (non-hydrogen) atoms. The van der Waals surface area contributed by atoms with Gasteiger partial charge in [0.1, 0.15) is 16.5 Å². The average molecular weight is 455 g/mol. The molecule has 0 saturated carbocycles. The predicted molar refractivity (Wildman–Crippen MR) is 113 cm³/mol. The van der Waals surface area contributed by atoms with Crippen LogP contribution in [0.3, 0.4) is 0 Å². The van der Waals surface area contributed by atoms with Gasteiger partial charge in [-0.2, -0.15) is 4.31 Å². The zero-order chi connectivity index (χ0) is 21.6. The normalized spacial score (nSPS) is 14.6. The quantitative estimate of drug-likeness (QED) is 0.584. The van der Waals surface area contributed by atoms with E-state index in [4.69, 9.17) is 16.3 Å². The second kappa shape index (κ2) is 10.2. The van der Waals surface area contributed by atoms with E-state index in [9.17, 15) is 17.6 Å². The standard InChI is InChI=1S/C21H24ClFN2O4S/c22-19-10-5-16(15-20(19)30(27,28)25-12-2-3-13-25)21(26)24-11-1-4-14-29-18-8-6-17(23)7-9-18/h5-10,15H,1-4,11-14H2,(H,24,26). The first-order valence-corrected chi connectivity index (χ1v) is 11.7. The summed E-state index contributed by atoms with van der Waals surface area (Å²) in [7, 11) is -3.71. The number of ether oxygens (including phenoxy) is 1. The first-order chi connectivity index (χ1) is 14.4. The minimum absolute atomic E-state index is 0.0357. The molecule has 0 aliphatic carbocycles. The lowest BCUT2D eigenvalue weighted by molar-refractivity contribution is 0.0952. The van der Waals surface area contributed by atoms with Crippen LogP contribution in [0.2, 0.25) is 5.02 Å². The number of halogens is 2. The molecule has 3 rings (SSSR count). The van der Waals surface area contributed by atoms with Gasteiger partial charge >= 0.3 is 0 Å². The molecule has 1 aliphatic heterocycles. The lowest BCUT2D eigenvalue weighted by Gasteiger charge is -2.17. The van der Waals surface area contributed by atoms with Gasteiger partial charge in [-0.3, -0.25) is 4.79 Å². The molecule has 0 radical (unpaired) electrons. The van der Waals surface area contributed by atoms with Crippen LogP contribution in [0.15, 0.2) is 47.4 Å². The van der Waals surface area contributed by atoms with Crippen LogP contribution in [-0.4, -0.2) is 44.9 Å². The third-order valence-electron chi connectivity index (χ3n) is 4.82. The van der Waals surface area contributed by atoms with Gasteiger partial charge in [-0.1, -0.05) is 11.6 Å². The number of nitrogens with one attached hydrogen (secondary N) is 1. The maximum Gasteiger partial charge on any atom is 0.251 e. The second-order valence-electron chi connectivity index (χ2n) is 7.02. The van der Waals surface area contributed by atoms with E-state index in [2.05, 4.69) is 5.32 Å². The molecule has 0 bridgehead atoms. The molecule has 2 aromatic carbocycles. The second-order valence-corrected chi connectivity index (χ2v) is 9.34. The van der Waals surface area contributed by atoms with Crippen molar-refractivity contribution in [1.82, 2.24) is 9.62 Å². The van der Waals surface area contributed by atoms with Gasteiger partial charge in [-0.15, -0.1) is 0 Å². The van der Waals surface area contributed by atoms with Crippen molar-refractivity contribution in [1.29, 1.82) is 0 Å². The zero-order valence-electron chi connectivity index (χ0n) is 16.4. The minimum Gasteiger partial charge on any atom is -0.494 e. The lowest BCUT2D eigenvalue weighted by Crippen LogP contribution is -2.29. The van der Waals surface area contributed by atoms with Gasteiger partial charge in [0.15, 0.2) is 0 Å². The molecule has 1 amide bonds. The van der Waals surface area contributed by atoms with Crippen LogP contribution in [0.5, 0.6) is 5.75 Å². The van der Waals surface area contributed by atoms with E-state index in [0.717, 1.165) is 12.8 Å². The van der Waals surface area contributed by atoms with E-state index in [1.165, 1.54) is 34.6 Å². The van der Waals surface area contributed by atoms with Crippen LogP contribution in [0.4, 0.5) is 4.39 Å². The highest BCUT2D eigenvalue weighted by molar-refractivity contribution is 7.89. The smallest absolute Gasteiger partial charge is 0.251 e. The molecule has 1 saturated heterocycles. The number of sulfonamides is 1. The Balaban J connectivity index is 1.49. The first kappa shape index (κ1) is 22.5. The summed E-state index contributed by atoms with van der Waals surface area (Å²) in [5.41, 5.74) is 0.250. The van der Waals surface area contributed by atoms with Crippen molar-refractivity contribution >= 4 is 27.5 Å². The Morgan fingerprint density at radius 3 is 2.50 bits per heavy atom. The topological polar surface area (TPSA) is 75.7 Å². The molecule has 0 unspecified atom stereocenters. The van der Waals surface area contributed by atoms with Crippen LogP contribution in [-0.2, 0) is 10.0 Å². The summed E-state index contributed by atoms with van der Waals surface area (Å²) in [5, 5.41) is 2.88. The van der Waals surface area contributed by atoms with E-state index < -0.39 is 10.0 Å². The Kier molecular flexibility index (Phi) is 7.69. The molecular weight excluding hydrogens is 431 g/mol. The van der Waals surface area contributed by atoms with E-state index in [0.29, 0.717) is 44.8 Å². The maximum absolute atomic E-state index is 12.8. The van der Waals surface area contributed by atoms with Crippen LogP contribution >= 0.6 is 11.6 Å². The van der Waals surface area contributed by atoms with Crippen molar-refractivity contribution in [3.05, 3.63) is 58.9 Å². The fourth-order valence-electron chi connectivity index (χ4n) is 3.16. The van der Waals surface area contributed by atoms with E-state index in [1.54, 1.807) is 12.1 Å². The Hall–Kier alpha value is -2.16. The number of carbonyl (C=O) groups is 1. The molecule has 1 N–H and O–H groups in total. The largest absolute Gasteiger partial charge is 0.494 e. The summed E-state index contributed by atoms with van der Waals surface area (Å²) in [4.78, 5) is 12.4. The van der Waals surface area contributed by atoms with Gasteiger partial charge in [0, 0.05) is 25.2 Å². The molecule has 1 aliphatic rings. The highest BCUT2D eigenvalue weighted by atomic mass is 35.5. The fraction of sp³-hybridized carbons (Fsp3) is 0.381. The monoisotopic (exact) mass is 454 g/mol. The third-order valence-corrected chi connectivity index (χ3v) is 7.20. The summed E-state index contributed by atoms with van der Waals surface area (Å²) in [6.45, 7) is 1.80. The number of carbonyl (C=O) groups excluding carboxylic acids is 1. The molecule has 1 fully saturated rings. The van der Waals surface area contributed by atoms with Crippen LogP contribution in [0, 0.1) is 5.82 Å². The Morgan fingerprint density at radius 1 is 1.10 bits per heavy atom. The number of nitrogens with zero attached hydrogens (tertiary/aromatic N) is 1. The first-order valence-electron chi connectivity index (χ1n) is 9.84. The summed E-state index contributed by atoms with van der Waals surface area (Å²) >= 11 is 6.11. The van der Waals surface area contributed by atoms with Crippen molar-refractivity contribution in [3.8, 4) is 5.75 Å². The number of rotatable bonds is 9. The number of hydrogen-bond donors (Lipinski definition) is 1. The molecular formula is C21H24ClFN2O4S. The van der Waals surface area contributed by atoms with Crippen molar-refractivity contribution in [2.45, 2.75) is 30.6 Å². The molecule has 0 atom stereocenters. The molecule has 2 aromatic rings. The van der Waals surface area contributed by atoms with Gasteiger partial charge in [0.05, 0.1) is 11.6 Å². The molecule has 6 nitrogen and oxygen atoms in total. The third kappa shape index (κ3) is 5.71. The van der Waals surface area contributed by atoms with Gasteiger partial charge < -0.3 is 10.1 Å².